The lowest BCUT2D eigenvalue weighted by Gasteiger charge is -2.20. The molecule has 2 rings (SSSR count). The summed E-state index contributed by atoms with van der Waals surface area (Å²) in [5.74, 6) is -1.41. The van der Waals surface area contributed by atoms with Crippen molar-refractivity contribution in [2.75, 3.05) is 18.4 Å². The van der Waals surface area contributed by atoms with E-state index >= 15 is 0 Å². The Morgan fingerprint density at radius 2 is 2.09 bits per heavy atom. The third-order valence-corrected chi connectivity index (χ3v) is 3.37. The molecule has 0 spiro atoms. The molecule has 1 heterocycles. The molecule has 0 saturated carbocycles. The van der Waals surface area contributed by atoms with Gasteiger partial charge in [-0.15, -0.1) is 12.4 Å². The summed E-state index contributed by atoms with van der Waals surface area (Å²) in [4.78, 5) is 34.8. The first-order valence-electron chi connectivity index (χ1n) is 6.49. The number of carboxylic acid groups (broad SMARTS) is 1. The number of nitro benzene ring substituents is 1. The number of benzene rings is 1. The van der Waals surface area contributed by atoms with Crippen LogP contribution < -0.4 is 5.32 Å². The van der Waals surface area contributed by atoms with Gasteiger partial charge in [0.2, 0.25) is 5.91 Å². The molecular weight excluding hydrogens is 314 g/mol. The summed E-state index contributed by atoms with van der Waals surface area (Å²) in [6, 6.07) is 5.16. The Morgan fingerprint density at radius 3 is 2.73 bits per heavy atom. The summed E-state index contributed by atoms with van der Waals surface area (Å²) in [6.07, 6.45) is 1.23. The predicted molar refractivity (Wildman–Crippen MR) is 81.2 cm³/mol. The van der Waals surface area contributed by atoms with Crippen LogP contribution in [-0.2, 0) is 9.59 Å². The average Bonchev–Trinajstić information content (AvgIpc) is 2.87. The summed E-state index contributed by atoms with van der Waals surface area (Å²) < 4.78 is 0. The second-order valence-electron chi connectivity index (χ2n) is 4.79. The molecule has 1 aliphatic heterocycles. The van der Waals surface area contributed by atoms with Crippen molar-refractivity contribution in [3.8, 4) is 0 Å². The number of likely N-dealkylation sites (tertiary alicyclic amines) is 1. The number of anilines is 1. The van der Waals surface area contributed by atoms with E-state index in [9.17, 15) is 19.7 Å². The number of hydrogen-bond donors (Lipinski definition) is 2. The van der Waals surface area contributed by atoms with Gasteiger partial charge in [-0.25, -0.2) is 0 Å². The van der Waals surface area contributed by atoms with Crippen molar-refractivity contribution in [2.45, 2.75) is 18.9 Å². The summed E-state index contributed by atoms with van der Waals surface area (Å²) in [5.41, 5.74) is -0.0828. The Bertz CT molecular complexity index is 581. The molecule has 0 aliphatic carbocycles. The van der Waals surface area contributed by atoms with E-state index in [2.05, 4.69) is 5.32 Å². The molecule has 0 radical (unpaired) electrons. The van der Waals surface area contributed by atoms with Crippen molar-refractivity contribution in [1.29, 1.82) is 0 Å². The molecule has 1 aromatic rings. The maximum absolute atomic E-state index is 11.9. The first-order valence-corrected chi connectivity index (χ1v) is 6.49. The Hall–Kier alpha value is -2.19. The summed E-state index contributed by atoms with van der Waals surface area (Å²) in [6.45, 7) is 0.435. The fourth-order valence-electron chi connectivity index (χ4n) is 2.41. The topological polar surface area (TPSA) is 113 Å². The van der Waals surface area contributed by atoms with Crippen LogP contribution in [0.5, 0.6) is 0 Å². The average molecular weight is 330 g/mol. The molecule has 0 aromatic heterocycles. The number of rotatable bonds is 5. The molecule has 1 aliphatic rings. The minimum absolute atomic E-state index is 0. The van der Waals surface area contributed by atoms with Gasteiger partial charge in [0.15, 0.2) is 0 Å². The molecule has 0 bridgehead atoms. The molecule has 2 N–H and O–H groups in total. The van der Waals surface area contributed by atoms with Gasteiger partial charge in [0.1, 0.15) is 11.7 Å². The molecule has 1 saturated heterocycles. The van der Waals surface area contributed by atoms with Crippen molar-refractivity contribution in [3.63, 3.8) is 0 Å². The van der Waals surface area contributed by atoms with Crippen LogP contribution in [0.25, 0.3) is 0 Å². The maximum Gasteiger partial charge on any atom is 0.320 e. The van der Waals surface area contributed by atoms with E-state index in [0.717, 1.165) is 6.42 Å². The summed E-state index contributed by atoms with van der Waals surface area (Å²) in [7, 11) is 0. The fraction of sp³-hybridized carbons (Fsp3) is 0.385. The highest BCUT2D eigenvalue weighted by Gasteiger charge is 2.31. The van der Waals surface area contributed by atoms with Crippen molar-refractivity contribution in [1.82, 2.24) is 4.90 Å². The third kappa shape index (κ3) is 4.15. The third-order valence-electron chi connectivity index (χ3n) is 3.37. The van der Waals surface area contributed by atoms with Gasteiger partial charge in [-0.05, 0) is 25.5 Å². The van der Waals surface area contributed by atoms with Gasteiger partial charge in [0.25, 0.3) is 5.69 Å². The van der Waals surface area contributed by atoms with E-state index in [0.29, 0.717) is 13.0 Å². The quantitative estimate of drug-likeness (QED) is 0.625. The minimum atomic E-state index is -0.953. The number of halogens is 1. The lowest BCUT2D eigenvalue weighted by molar-refractivity contribution is -0.383. The van der Waals surface area contributed by atoms with Crippen LogP contribution in [0.3, 0.4) is 0 Å². The molecule has 1 atom stereocenters. The smallest absolute Gasteiger partial charge is 0.320 e. The molecule has 1 aromatic carbocycles. The van der Waals surface area contributed by atoms with Crippen LogP contribution in [0, 0.1) is 10.1 Å². The van der Waals surface area contributed by atoms with Crippen LogP contribution in [0.4, 0.5) is 11.4 Å². The highest BCUT2D eigenvalue weighted by molar-refractivity contribution is 5.94. The first kappa shape index (κ1) is 17.9. The van der Waals surface area contributed by atoms with Gasteiger partial charge in [-0.3, -0.25) is 24.6 Å². The summed E-state index contributed by atoms with van der Waals surface area (Å²) in [5, 5.41) is 22.4. The van der Waals surface area contributed by atoms with Crippen LogP contribution in [0.2, 0.25) is 0 Å². The largest absolute Gasteiger partial charge is 0.480 e. The van der Waals surface area contributed by atoms with Gasteiger partial charge in [0.05, 0.1) is 11.5 Å². The van der Waals surface area contributed by atoms with Crippen molar-refractivity contribution >= 4 is 35.7 Å². The van der Waals surface area contributed by atoms with Gasteiger partial charge in [-0.2, -0.15) is 0 Å². The van der Waals surface area contributed by atoms with Crippen molar-refractivity contribution in [2.24, 2.45) is 0 Å². The zero-order valence-corrected chi connectivity index (χ0v) is 12.4. The number of aliphatic carboxylic acids is 1. The minimum Gasteiger partial charge on any atom is -0.480 e. The van der Waals surface area contributed by atoms with E-state index < -0.39 is 22.8 Å². The number of nitro groups is 1. The normalized spacial score (nSPS) is 17.5. The molecular formula is C13H16ClN3O5. The maximum atomic E-state index is 11.9. The molecule has 9 heteroatoms. The Kier molecular flexibility index (Phi) is 6.26. The molecule has 22 heavy (non-hydrogen) atoms. The fourth-order valence-corrected chi connectivity index (χ4v) is 2.41. The van der Waals surface area contributed by atoms with Gasteiger partial charge in [0, 0.05) is 6.07 Å². The Balaban J connectivity index is 0.00000242. The lowest BCUT2D eigenvalue weighted by Crippen LogP contribution is -2.40. The second-order valence-corrected chi connectivity index (χ2v) is 4.79. The van der Waals surface area contributed by atoms with E-state index in [-0.39, 0.29) is 30.3 Å². The van der Waals surface area contributed by atoms with E-state index in [1.54, 1.807) is 11.0 Å². The number of para-hydroxylation sites is 2. The Morgan fingerprint density at radius 1 is 1.41 bits per heavy atom. The van der Waals surface area contributed by atoms with Crippen LogP contribution in [-0.4, -0.2) is 45.9 Å². The van der Waals surface area contributed by atoms with E-state index in [1.165, 1.54) is 18.2 Å². The van der Waals surface area contributed by atoms with Crippen molar-refractivity contribution in [3.05, 3.63) is 34.4 Å². The van der Waals surface area contributed by atoms with Gasteiger partial charge < -0.3 is 10.4 Å². The second kappa shape index (κ2) is 7.71. The number of hydrogen-bond acceptors (Lipinski definition) is 5. The SMILES string of the molecule is Cl.O=C(CN1CCC[C@H]1C(=O)O)Nc1ccccc1[N+](=O)[O-]. The molecule has 8 nitrogen and oxygen atoms in total. The Labute approximate surface area is 132 Å². The first-order chi connectivity index (χ1) is 9.99. The highest BCUT2D eigenvalue weighted by atomic mass is 35.5. The van der Waals surface area contributed by atoms with E-state index in [4.69, 9.17) is 5.11 Å². The van der Waals surface area contributed by atoms with Crippen LogP contribution in [0.15, 0.2) is 24.3 Å². The van der Waals surface area contributed by atoms with Crippen LogP contribution >= 0.6 is 12.4 Å². The standard InChI is InChI=1S/C13H15N3O5.ClH/c17-12(8-15-7-3-6-11(15)13(18)19)14-9-4-1-2-5-10(9)16(20)21;/h1-2,4-5,11H,3,6-8H2,(H,14,17)(H,18,19);1H/t11-;/m0./s1. The van der Waals surface area contributed by atoms with Crippen molar-refractivity contribution < 1.29 is 19.6 Å². The highest BCUT2D eigenvalue weighted by Crippen LogP contribution is 2.23. The monoisotopic (exact) mass is 329 g/mol. The number of nitrogens with one attached hydrogen (secondary N) is 1. The van der Waals surface area contributed by atoms with Gasteiger partial charge >= 0.3 is 5.97 Å². The number of nitrogens with zero attached hydrogens (tertiary/aromatic N) is 2. The number of carbonyl (C=O) groups is 2. The zero-order valence-electron chi connectivity index (χ0n) is 11.6. The summed E-state index contributed by atoms with van der Waals surface area (Å²) >= 11 is 0. The predicted octanol–water partition coefficient (Wildman–Crippen LogP) is 1.50. The van der Waals surface area contributed by atoms with Crippen LogP contribution in [0.1, 0.15) is 12.8 Å². The zero-order chi connectivity index (χ0) is 15.4. The lowest BCUT2D eigenvalue weighted by atomic mass is 10.2. The van der Waals surface area contributed by atoms with Gasteiger partial charge in [-0.1, -0.05) is 12.1 Å². The molecule has 1 fully saturated rings. The number of carbonyl (C=O) groups excluding carboxylic acids is 1. The number of carboxylic acids is 1. The molecule has 120 valence electrons. The number of amides is 1. The molecule has 1 amide bonds. The van der Waals surface area contributed by atoms with E-state index in [1.807, 2.05) is 0 Å². The molecule has 0 unspecified atom stereocenters.